The SMILES string of the molecule is CCOC(=O)c1ccc(NC(=O)COc2cccc3c2CCN(Cc2ccc(Cl)cc2)C3=O)cc1. The van der Waals surface area contributed by atoms with Gasteiger partial charge in [0.15, 0.2) is 6.61 Å². The molecule has 0 bridgehead atoms. The van der Waals surface area contributed by atoms with Crippen molar-refractivity contribution >= 4 is 35.1 Å². The summed E-state index contributed by atoms with van der Waals surface area (Å²) in [4.78, 5) is 39.0. The van der Waals surface area contributed by atoms with E-state index in [1.165, 1.54) is 0 Å². The maximum absolute atomic E-state index is 13.1. The van der Waals surface area contributed by atoms with E-state index < -0.39 is 5.97 Å². The number of hydrogen-bond donors (Lipinski definition) is 1. The number of carbonyl (C=O) groups excluding carboxylic acids is 3. The Kier molecular flexibility index (Phi) is 7.67. The first kappa shape index (κ1) is 24.3. The van der Waals surface area contributed by atoms with Gasteiger partial charge in [0.05, 0.1) is 12.2 Å². The maximum Gasteiger partial charge on any atom is 0.338 e. The van der Waals surface area contributed by atoms with Gasteiger partial charge in [-0.15, -0.1) is 0 Å². The van der Waals surface area contributed by atoms with Crippen LogP contribution in [0.1, 0.15) is 38.8 Å². The quantitative estimate of drug-likeness (QED) is 0.459. The van der Waals surface area contributed by atoms with Gasteiger partial charge in [-0.2, -0.15) is 0 Å². The number of nitrogens with zero attached hydrogens (tertiary/aromatic N) is 1. The number of fused-ring (bicyclic) bond motifs is 1. The fraction of sp³-hybridized carbons (Fsp3) is 0.222. The number of halogens is 1. The molecule has 1 aliphatic rings. The number of benzene rings is 3. The van der Waals surface area contributed by atoms with Crippen molar-refractivity contribution in [1.29, 1.82) is 0 Å². The number of amides is 2. The fourth-order valence-electron chi connectivity index (χ4n) is 3.88. The van der Waals surface area contributed by atoms with Gasteiger partial charge in [0, 0.05) is 34.9 Å². The third kappa shape index (κ3) is 6.00. The highest BCUT2D eigenvalue weighted by Crippen LogP contribution is 2.29. The van der Waals surface area contributed by atoms with Gasteiger partial charge < -0.3 is 19.7 Å². The van der Waals surface area contributed by atoms with E-state index in [0.717, 1.165) is 11.1 Å². The molecule has 0 saturated heterocycles. The van der Waals surface area contributed by atoms with Crippen LogP contribution in [0.25, 0.3) is 0 Å². The molecule has 0 spiro atoms. The lowest BCUT2D eigenvalue weighted by molar-refractivity contribution is -0.118. The molecular weight excluding hydrogens is 468 g/mol. The molecule has 0 fully saturated rings. The molecule has 2 amide bonds. The number of nitrogens with one attached hydrogen (secondary N) is 1. The maximum atomic E-state index is 13.1. The second-order valence-electron chi connectivity index (χ2n) is 8.02. The topological polar surface area (TPSA) is 84.9 Å². The predicted octanol–water partition coefficient (Wildman–Crippen LogP) is 4.73. The number of hydrogen-bond acceptors (Lipinski definition) is 5. The number of rotatable bonds is 8. The monoisotopic (exact) mass is 492 g/mol. The minimum Gasteiger partial charge on any atom is -0.483 e. The average Bonchev–Trinajstić information content (AvgIpc) is 2.86. The molecule has 0 aliphatic carbocycles. The van der Waals surface area contributed by atoms with Crippen molar-refractivity contribution in [2.45, 2.75) is 19.9 Å². The normalized spacial score (nSPS) is 12.6. The van der Waals surface area contributed by atoms with Gasteiger partial charge in [-0.3, -0.25) is 9.59 Å². The average molecular weight is 493 g/mol. The molecule has 0 aromatic heterocycles. The van der Waals surface area contributed by atoms with Gasteiger partial charge in [-0.1, -0.05) is 29.8 Å². The van der Waals surface area contributed by atoms with Crippen molar-refractivity contribution in [2.24, 2.45) is 0 Å². The van der Waals surface area contributed by atoms with Crippen LogP contribution in [0.15, 0.2) is 66.7 Å². The van der Waals surface area contributed by atoms with Gasteiger partial charge in [0.2, 0.25) is 0 Å². The highest BCUT2D eigenvalue weighted by molar-refractivity contribution is 6.30. The Labute approximate surface area is 208 Å². The second kappa shape index (κ2) is 11.1. The van der Waals surface area contributed by atoms with E-state index in [9.17, 15) is 14.4 Å². The molecule has 1 heterocycles. The summed E-state index contributed by atoms with van der Waals surface area (Å²) in [7, 11) is 0. The zero-order chi connectivity index (χ0) is 24.8. The zero-order valence-corrected chi connectivity index (χ0v) is 20.0. The van der Waals surface area contributed by atoms with E-state index in [4.69, 9.17) is 21.1 Å². The number of anilines is 1. The molecule has 0 saturated carbocycles. The lowest BCUT2D eigenvalue weighted by Gasteiger charge is -2.29. The van der Waals surface area contributed by atoms with Crippen LogP contribution < -0.4 is 10.1 Å². The highest BCUT2D eigenvalue weighted by Gasteiger charge is 2.27. The van der Waals surface area contributed by atoms with Gasteiger partial charge >= 0.3 is 5.97 Å². The minimum absolute atomic E-state index is 0.0715. The van der Waals surface area contributed by atoms with E-state index in [0.29, 0.717) is 53.7 Å². The fourth-order valence-corrected chi connectivity index (χ4v) is 4.01. The van der Waals surface area contributed by atoms with Crippen LogP contribution in [0.4, 0.5) is 5.69 Å². The molecule has 8 heteroatoms. The van der Waals surface area contributed by atoms with Crippen LogP contribution in [0.3, 0.4) is 0 Å². The van der Waals surface area contributed by atoms with E-state index >= 15 is 0 Å². The van der Waals surface area contributed by atoms with Crippen molar-refractivity contribution in [1.82, 2.24) is 4.90 Å². The summed E-state index contributed by atoms with van der Waals surface area (Å²) in [6.07, 6.45) is 0.627. The van der Waals surface area contributed by atoms with E-state index in [2.05, 4.69) is 5.32 Å². The first-order valence-corrected chi connectivity index (χ1v) is 11.7. The van der Waals surface area contributed by atoms with Gasteiger partial charge in [-0.25, -0.2) is 4.79 Å². The van der Waals surface area contributed by atoms with Gasteiger partial charge in [0.1, 0.15) is 5.75 Å². The molecule has 3 aromatic carbocycles. The Morgan fingerprint density at radius 2 is 1.77 bits per heavy atom. The van der Waals surface area contributed by atoms with Gasteiger partial charge in [-0.05, 0) is 67.4 Å². The molecule has 1 aliphatic heterocycles. The lowest BCUT2D eigenvalue weighted by atomic mass is 9.97. The predicted molar refractivity (Wildman–Crippen MR) is 133 cm³/mol. The Morgan fingerprint density at radius 1 is 1.03 bits per heavy atom. The van der Waals surface area contributed by atoms with Crippen molar-refractivity contribution in [2.75, 3.05) is 25.1 Å². The number of esters is 1. The molecule has 35 heavy (non-hydrogen) atoms. The Morgan fingerprint density at radius 3 is 2.49 bits per heavy atom. The Balaban J connectivity index is 1.36. The molecular formula is C27H25ClN2O5. The Hall–Kier alpha value is -3.84. The van der Waals surface area contributed by atoms with E-state index in [1.807, 2.05) is 24.3 Å². The van der Waals surface area contributed by atoms with Crippen LogP contribution >= 0.6 is 11.6 Å². The molecule has 0 radical (unpaired) electrons. The van der Waals surface area contributed by atoms with Crippen molar-refractivity contribution in [3.05, 3.63) is 94.0 Å². The smallest absolute Gasteiger partial charge is 0.338 e. The molecule has 0 atom stereocenters. The number of carbonyl (C=O) groups is 3. The van der Waals surface area contributed by atoms with E-state index in [-0.39, 0.29) is 18.4 Å². The summed E-state index contributed by atoms with van der Waals surface area (Å²) < 4.78 is 10.7. The van der Waals surface area contributed by atoms with Crippen LogP contribution in [0.2, 0.25) is 5.02 Å². The van der Waals surface area contributed by atoms with Gasteiger partial charge in [0.25, 0.3) is 11.8 Å². The summed E-state index contributed by atoms with van der Waals surface area (Å²) in [5.74, 6) is -0.311. The van der Waals surface area contributed by atoms with Crippen molar-refractivity contribution in [3.63, 3.8) is 0 Å². The van der Waals surface area contributed by atoms with Crippen molar-refractivity contribution in [3.8, 4) is 5.75 Å². The lowest BCUT2D eigenvalue weighted by Crippen LogP contribution is -2.37. The number of ether oxygens (including phenoxy) is 2. The van der Waals surface area contributed by atoms with Crippen LogP contribution in [-0.4, -0.2) is 42.4 Å². The standard InChI is InChI=1S/C27H25ClN2O5/c1-2-34-27(33)19-8-12-21(13-9-19)29-25(31)17-35-24-5-3-4-23-22(24)14-15-30(26(23)32)16-18-6-10-20(28)11-7-18/h3-13H,2,14-17H2,1H3,(H,29,31). The second-order valence-corrected chi connectivity index (χ2v) is 8.46. The third-order valence-corrected chi connectivity index (χ3v) is 5.86. The molecule has 0 unspecified atom stereocenters. The summed E-state index contributed by atoms with van der Waals surface area (Å²) >= 11 is 5.95. The molecule has 4 rings (SSSR count). The summed E-state index contributed by atoms with van der Waals surface area (Å²) in [5, 5.41) is 3.39. The highest BCUT2D eigenvalue weighted by atomic mass is 35.5. The first-order chi connectivity index (χ1) is 16.9. The van der Waals surface area contributed by atoms with Crippen molar-refractivity contribution < 1.29 is 23.9 Å². The van der Waals surface area contributed by atoms with Crippen LogP contribution in [-0.2, 0) is 22.5 Å². The third-order valence-electron chi connectivity index (χ3n) is 5.61. The molecule has 1 N–H and O–H groups in total. The first-order valence-electron chi connectivity index (χ1n) is 11.3. The largest absolute Gasteiger partial charge is 0.483 e. The minimum atomic E-state index is -0.413. The zero-order valence-electron chi connectivity index (χ0n) is 19.3. The van der Waals surface area contributed by atoms with E-state index in [1.54, 1.807) is 54.3 Å². The molecule has 3 aromatic rings. The summed E-state index contributed by atoms with van der Waals surface area (Å²) in [6.45, 7) is 2.87. The van der Waals surface area contributed by atoms with Crippen LogP contribution in [0, 0.1) is 0 Å². The van der Waals surface area contributed by atoms with Crippen LogP contribution in [0.5, 0.6) is 5.75 Å². The summed E-state index contributed by atoms with van der Waals surface area (Å²) in [6, 6.07) is 19.2. The Bertz CT molecular complexity index is 1230. The molecule has 7 nitrogen and oxygen atoms in total. The summed E-state index contributed by atoms with van der Waals surface area (Å²) in [5.41, 5.74) is 3.33. The molecule has 180 valence electrons.